The Morgan fingerprint density at radius 3 is 2.48 bits per heavy atom. The molecule has 10 nitrogen and oxygen atoms in total. The van der Waals surface area contributed by atoms with Gasteiger partial charge in [0, 0.05) is 69.5 Å². The predicted molar refractivity (Wildman–Crippen MR) is 178 cm³/mol. The number of carbonyl (C=O) groups excluding carboxylic acids is 1. The van der Waals surface area contributed by atoms with Gasteiger partial charge in [-0.05, 0) is 82.3 Å². The van der Waals surface area contributed by atoms with Crippen molar-refractivity contribution in [3.63, 3.8) is 0 Å². The number of amides is 1. The Morgan fingerprint density at radius 1 is 1.10 bits per heavy atom. The van der Waals surface area contributed by atoms with Crippen LogP contribution in [0.15, 0.2) is 41.2 Å². The Labute approximate surface area is 279 Å². The summed E-state index contributed by atoms with van der Waals surface area (Å²) in [5.41, 5.74) is 3.30. The van der Waals surface area contributed by atoms with Gasteiger partial charge < -0.3 is 28.4 Å². The second kappa shape index (κ2) is 13.7. The number of aryl methyl sites for hydroxylation is 2. The lowest BCUT2D eigenvalue weighted by Gasteiger charge is -2.40. The molecule has 1 aliphatic carbocycles. The van der Waals surface area contributed by atoms with Gasteiger partial charge >= 0.3 is 6.09 Å². The molecule has 2 aromatic carbocycles. The molecule has 1 aliphatic rings. The molecule has 12 heteroatoms. The van der Waals surface area contributed by atoms with Crippen molar-refractivity contribution in [2.45, 2.75) is 71.1 Å². The van der Waals surface area contributed by atoms with Gasteiger partial charge in [0.1, 0.15) is 18.0 Å². The molecule has 0 saturated heterocycles. The summed E-state index contributed by atoms with van der Waals surface area (Å²) >= 11 is 0. The number of halogens is 2. The Morgan fingerprint density at radius 2 is 1.83 bits per heavy atom. The van der Waals surface area contributed by atoms with Crippen LogP contribution in [-0.2, 0) is 46.9 Å². The molecule has 1 fully saturated rings. The second-order valence-electron chi connectivity index (χ2n) is 13.4. The SMILES string of the molecule is COCOC1(c2nn(C)c(C)c2CCOc2c(-c3ccc4c(c3)c(CN(C)C(=O)OC(C)(C)C)cc(=O)n4C)ccc(F)c2F)CCC1. The van der Waals surface area contributed by atoms with Crippen LogP contribution in [0.3, 0.4) is 0 Å². The number of aromatic nitrogens is 3. The maximum atomic E-state index is 15.5. The van der Waals surface area contributed by atoms with E-state index in [1.807, 2.05) is 14.0 Å². The summed E-state index contributed by atoms with van der Waals surface area (Å²) in [6, 6.07) is 9.29. The highest BCUT2D eigenvalue weighted by Gasteiger charge is 2.44. The van der Waals surface area contributed by atoms with E-state index in [1.54, 1.807) is 64.9 Å². The van der Waals surface area contributed by atoms with E-state index in [1.165, 1.54) is 21.6 Å². The van der Waals surface area contributed by atoms with Crippen LogP contribution < -0.4 is 10.3 Å². The summed E-state index contributed by atoms with van der Waals surface area (Å²) in [7, 11) is 6.69. The molecule has 0 spiro atoms. The highest BCUT2D eigenvalue weighted by Crippen LogP contribution is 2.46. The Kier molecular flexibility index (Phi) is 9.98. The number of pyridine rings is 1. The lowest BCUT2D eigenvalue weighted by Crippen LogP contribution is -2.39. The van der Waals surface area contributed by atoms with Crippen LogP contribution in [0.5, 0.6) is 5.75 Å². The molecule has 48 heavy (non-hydrogen) atoms. The maximum absolute atomic E-state index is 15.5. The lowest BCUT2D eigenvalue weighted by molar-refractivity contribution is -0.173. The van der Waals surface area contributed by atoms with E-state index in [0.717, 1.165) is 42.3 Å². The summed E-state index contributed by atoms with van der Waals surface area (Å²) in [5.74, 6) is -2.35. The number of benzene rings is 2. The molecule has 5 rings (SSSR count). The molecule has 0 N–H and O–H groups in total. The Hall–Kier alpha value is -4.29. The van der Waals surface area contributed by atoms with E-state index in [2.05, 4.69) is 0 Å². The topological polar surface area (TPSA) is 97.1 Å². The van der Waals surface area contributed by atoms with Crippen molar-refractivity contribution in [2.24, 2.45) is 14.1 Å². The van der Waals surface area contributed by atoms with Gasteiger partial charge in [0.15, 0.2) is 11.6 Å². The number of carbonyl (C=O) groups is 1. The molecule has 0 bridgehead atoms. The highest BCUT2D eigenvalue weighted by atomic mass is 19.2. The molecular formula is C36H44F2N4O6. The third kappa shape index (κ3) is 6.95. The first-order valence-corrected chi connectivity index (χ1v) is 16.0. The van der Waals surface area contributed by atoms with E-state index >= 15 is 4.39 Å². The minimum Gasteiger partial charge on any atom is -0.489 e. The number of methoxy groups -OCH3 is 1. The number of hydrogen-bond donors (Lipinski definition) is 0. The normalized spacial score (nSPS) is 14.2. The number of nitrogens with zero attached hydrogens (tertiary/aromatic N) is 4. The van der Waals surface area contributed by atoms with Crippen LogP contribution in [0.2, 0.25) is 0 Å². The second-order valence-corrected chi connectivity index (χ2v) is 13.4. The number of rotatable bonds is 11. The smallest absolute Gasteiger partial charge is 0.410 e. The van der Waals surface area contributed by atoms with Crippen LogP contribution in [0.25, 0.3) is 22.0 Å². The van der Waals surface area contributed by atoms with Crippen molar-refractivity contribution in [2.75, 3.05) is 27.6 Å². The molecule has 2 heterocycles. The van der Waals surface area contributed by atoms with Gasteiger partial charge in [0.05, 0.1) is 17.8 Å². The summed E-state index contributed by atoms with van der Waals surface area (Å²) in [6.45, 7) is 7.58. The third-order valence-electron chi connectivity index (χ3n) is 8.91. The van der Waals surface area contributed by atoms with Crippen molar-refractivity contribution in [1.29, 1.82) is 0 Å². The van der Waals surface area contributed by atoms with E-state index < -0.39 is 28.9 Å². The van der Waals surface area contributed by atoms with Crippen molar-refractivity contribution in [3.8, 4) is 16.9 Å². The van der Waals surface area contributed by atoms with E-state index in [4.69, 9.17) is 24.0 Å². The van der Waals surface area contributed by atoms with Gasteiger partial charge in [-0.3, -0.25) is 9.48 Å². The van der Waals surface area contributed by atoms with Crippen LogP contribution in [0.4, 0.5) is 13.6 Å². The van der Waals surface area contributed by atoms with Gasteiger partial charge in [-0.2, -0.15) is 9.49 Å². The summed E-state index contributed by atoms with van der Waals surface area (Å²) in [5, 5.41) is 5.43. The minimum atomic E-state index is -1.10. The molecule has 0 atom stereocenters. The van der Waals surface area contributed by atoms with E-state index in [0.29, 0.717) is 34.0 Å². The number of hydrogen-bond acceptors (Lipinski definition) is 7. The lowest BCUT2D eigenvalue weighted by atomic mass is 9.75. The van der Waals surface area contributed by atoms with E-state index in [-0.39, 0.29) is 31.3 Å². The van der Waals surface area contributed by atoms with E-state index in [9.17, 15) is 14.0 Å². The summed E-state index contributed by atoms with van der Waals surface area (Å²) < 4.78 is 56.3. The number of fused-ring (bicyclic) bond motifs is 1. The van der Waals surface area contributed by atoms with Crippen molar-refractivity contribution in [3.05, 3.63) is 80.9 Å². The van der Waals surface area contributed by atoms with Gasteiger partial charge in [-0.25, -0.2) is 9.18 Å². The maximum Gasteiger partial charge on any atom is 0.410 e. The predicted octanol–water partition coefficient (Wildman–Crippen LogP) is 6.51. The van der Waals surface area contributed by atoms with Crippen molar-refractivity contribution < 1.29 is 32.5 Å². The van der Waals surface area contributed by atoms with Crippen LogP contribution >= 0.6 is 0 Å². The summed E-state index contributed by atoms with van der Waals surface area (Å²) in [4.78, 5) is 27.0. The Bertz CT molecular complexity index is 1890. The van der Waals surface area contributed by atoms with Gasteiger partial charge in [0.25, 0.3) is 5.56 Å². The van der Waals surface area contributed by atoms with Crippen LogP contribution in [-0.4, -0.2) is 58.5 Å². The molecule has 0 radical (unpaired) electrons. The quantitative estimate of drug-likeness (QED) is 0.168. The molecule has 258 valence electrons. The van der Waals surface area contributed by atoms with Crippen LogP contribution in [0.1, 0.15) is 62.5 Å². The Balaban J connectivity index is 1.47. The fourth-order valence-corrected chi connectivity index (χ4v) is 6.08. The van der Waals surface area contributed by atoms with Gasteiger partial charge in [0.2, 0.25) is 5.82 Å². The van der Waals surface area contributed by atoms with Gasteiger partial charge in [-0.1, -0.05) is 6.07 Å². The highest BCUT2D eigenvalue weighted by molar-refractivity contribution is 5.89. The fraction of sp³-hybridized carbons (Fsp3) is 0.472. The van der Waals surface area contributed by atoms with Crippen molar-refractivity contribution in [1.82, 2.24) is 19.2 Å². The average Bonchev–Trinajstić information content (AvgIpc) is 3.29. The first-order valence-electron chi connectivity index (χ1n) is 16.0. The third-order valence-corrected chi connectivity index (χ3v) is 8.91. The zero-order valence-electron chi connectivity index (χ0n) is 28.9. The zero-order valence-corrected chi connectivity index (χ0v) is 28.9. The molecule has 1 saturated carbocycles. The molecule has 2 aromatic heterocycles. The molecule has 1 amide bonds. The largest absolute Gasteiger partial charge is 0.489 e. The van der Waals surface area contributed by atoms with Crippen molar-refractivity contribution >= 4 is 17.0 Å². The zero-order chi connectivity index (χ0) is 35.0. The number of ether oxygens (including phenoxy) is 4. The first-order chi connectivity index (χ1) is 22.7. The standard InChI is InChI=1S/C36H44F2N4O6/c1-22-25(33(39-42(22)7)36(15-9-16-36)47-21-45-8)14-17-46-32-26(11-12-28(37)31(32)38)23-10-13-29-27(18-23)24(19-30(43)41(29)6)20-40(5)34(44)48-35(2,3)4/h10-13,18-19H,9,14-17,20-21H2,1-8H3. The monoisotopic (exact) mass is 666 g/mol. The summed E-state index contributed by atoms with van der Waals surface area (Å²) in [6.07, 6.45) is 2.48. The molecule has 0 aliphatic heterocycles. The van der Waals surface area contributed by atoms with Crippen LogP contribution in [0, 0.1) is 18.6 Å². The first kappa shape index (κ1) is 35.0. The van der Waals surface area contributed by atoms with Gasteiger partial charge in [-0.15, -0.1) is 0 Å². The fourth-order valence-electron chi connectivity index (χ4n) is 6.08. The minimum absolute atomic E-state index is 0.0568. The molecule has 4 aromatic rings. The average molecular weight is 667 g/mol. The molecule has 0 unspecified atom stereocenters. The molecular weight excluding hydrogens is 622 g/mol.